The highest BCUT2D eigenvalue weighted by Gasteiger charge is 2.17. The highest BCUT2D eigenvalue weighted by Crippen LogP contribution is 2.28. The van der Waals surface area contributed by atoms with Crippen LogP contribution in [0.15, 0.2) is 16.6 Å². The zero-order valence-electron chi connectivity index (χ0n) is 6.32. The Kier molecular flexibility index (Phi) is 2.49. The van der Waals surface area contributed by atoms with Gasteiger partial charge in [0.2, 0.25) is 0 Å². The quantitative estimate of drug-likeness (QED) is 0.461. The van der Waals surface area contributed by atoms with Gasteiger partial charge in [-0.15, -0.1) is 0 Å². The second-order valence-corrected chi connectivity index (χ2v) is 3.17. The first-order valence-corrected chi connectivity index (χ1v) is 3.99. The lowest BCUT2D eigenvalue weighted by Gasteiger charge is -1.99. The van der Waals surface area contributed by atoms with Crippen LogP contribution in [-0.2, 0) is 0 Å². The van der Waals surface area contributed by atoms with Crippen molar-refractivity contribution in [3.8, 4) is 6.07 Å². The van der Waals surface area contributed by atoms with Crippen molar-refractivity contribution in [1.82, 2.24) is 0 Å². The molecule has 0 heterocycles. The van der Waals surface area contributed by atoms with E-state index in [1.165, 1.54) is 12.1 Å². The molecule has 0 spiro atoms. The second-order valence-electron chi connectivity index (χ2n) is 2.26. The summed E-state index contributed by atoms with van der Waals surface area (Å²) >= 11 is 3.05. The Morgan fingerprint density at radius 2 is 2.23 bits per heavy atom. The molecule has 66 valence electrons. The third-order valence-electron chi connectivity index (χ3n) is 1.42. The fourth-order valence-corrected chi connectivity index (χ4v) is 1.34. The van der Waals surface area contributed by atoms with E-state index >= 15 is 0 Å². The van der Waals surface area contributed by atoms with E-state index in [1.54, 1.807) is 6.07 Å². The van der Waals surface area contributed by atoms with E-state index < -0.39 is 4.92 Å². The van der Waals surface area contributed by atoms with E-state index in [9.17, 15) is 10.1 Å². The number of nitro groups is 1. The van der Waals surface area contributed by atoms with Crippen LogP contribution in [-0.4, -0.2) is 4.92 Å². The van der Waals surface area contributed by atoms with Crippen LogP contribution in [0.3, 0.4) is 0 Å². The van der Waals surface area contributed by atoms with Crippen molar-refractivity contribution in [2.75, 3.05) is 5.73 Å². The largest absolute Gasteiger partial charge is 0.397 e. The van der Waals surface area contributed by atoms with Crippen molar-refractivity contribution < 1.29 is 4.92 Å². The number of nitrogens with zero attached hydrogens (tertiary/aromatic N) is 2. The van der Waals surface area contributed by atoms with Crippen molar-refractivity contribution in [3.63, 3.8) is 0 Å². The van der Waals surface area contributed by atoms with Crippen LogP contribution in [0.4, 0.5) is 11.4 Å². The maximum absolute atomic E-state index is 10.5. The highest BCUT2D eigenvalue weighted by molar-refractivity contribution is 9.10. The molecule has 0 unspecified atom stereocenters. The highest BCUT2D eigenvalue weighted by atomic mass is 79.9. The van der Waals surface area contributed by atoms with E-state index in [4.69, 9.17) is 11.0 Å². The van der Waals surface area contributed by atoms with E-state index in [-0.39, 0.29) is 16.9 Å². The van der Waals surface area contributed by atoms with Crippen molar-refractivity contribution in [2.24, 2.45) is 0 Å². The topological polar surface area (TPSA) is 93.0 Å². The summed E-state index contributed by atoms with van der Waals surface area (Å²) in [5, 5.41) is 19.1. The first kappa shape index (κ1) is 9.48. The lowest BCUT2D eigenvalue weighted by Crippen LogP contribution is -1.97. The fraction of sp³-hybridized carbons (Fsp3) is 0. The zero-order valence-corrected chi connectivity index (χ0v) is 7.91. The van der Waals surface area contributed by atoms with Gasteiger partial charge >= 0.3 is 0 Å². The van der Waals surface area contributed by atoms with Crippen molar-refractivity contribution in [3.05, 3.63) is 32.3 Å². The molecule has 1 aromatic carbocycles. The predicted molar refractivity (Wildman–Crippen MR) is 49.9 cm³/mol. The van der Waals surface area contributed by atoms with Gasteiger partial charge < -0.3 is 5.73 Å². The minimum atomic E-state index is -0.639. The Balaban J connectivity index is 3.50. The van der Waals surface area contributed by atoms with Crippen LogP contribution in [0.25, 0.3) is 0 Å². The molecular formula is C7H4BrN3O2. The molecule has 0 atom stereocenters. The molecule has 0 saturated heterocycles. The minimum Gasteiger partial charge on any atom is -0.397 e. The third kappa shape index (κ3) is 1.76. The predicted octanol–water partition coefficient (Wildman–Crippen LogP) is 1.81. The Morgan fingerprint density at radius 3 is 2.69 bits per heavy atom. The summed E-state index contributed by atoms with van der Waals surface area (Å²) in [5.74, 6) is 0. The van der Waals surface area contributed by atoms with Gasteiger partial charge in [0, 0.05) is 10.5 Å². The normalized spacial score (nSPS) is 9.23. The number of halogens is 1. The van der Waals surface area contributed by atoms with Gasteiger partial charge in [0.05, 0.1) is 10.6 Å². The number of nitrogens with two attached hydrogens (primary N) is 1. The number of benzene rings is 1. The summed E-state index contributed by atoms with van der Waals surface area (Å²) in [6.45, 7) is 0. The fourth-order valence-electron chi connectivity index (χ4n) is 0.879. The second kappa shape index (κ2) is 3.41. The first-order chi connectivity index (χ1) is 6.06. The molecule has 0 aliphatic carbocycles. The van der Waals surface area contributed by atoms with Gasteiger partial charge in [-0.05, 0) is 6.07 Å². The smallest absolute Gasteiger partial charge is 0.290 e. The Morgan fingerprint density at radius 1 is 1.62 bits per heavy atom. The number of nitro benzene ring substituents is 1. The van der Waals surface area contributed by atoms with E-state index in [2.05, 4.69) is 15.9 Å². The van der Waals surface area contributed by atoms with Gasteiger partial charge in [-0.25, -0.2) is 0 Å². The van der Waals surface area contributed by atoms with Gasteiger partial charge in [-0.1, -0.05) is 15.9 Å². The molecule has 0 aliphatic heterocycles. The minimum absolute atomic E-state index is 0.101. The van der Waals surface area contributed by atoms with Crippen LogP contribution in [0.2, 0.25) is 0 Å². The van der Waals surface area contributed by atoms with Gasteiger partial charge in [0.25, 0.3) is 5.69 Å². The van der Waals surface area contributed by atoms with Crippen molar-refractivity contribution in [2.45, 2.75) is 0 Å². The number of hydrogen-bond acceptors (Lipinski definition) is 4. The molecule has 2 N–H and O–H groups in total. The molecule has 6 heteroatoms. The lowest BCUT2D eigenvalue weighted by atomic mass is 10.1. The number of anilines is 1. The average Bonchev–Trinajstić information content (AvgIpc) is 2.02. The molecule has 5 nitrogen and oxygen atoms in total. The number of rotatable bonds is 1. The summed E-state index contributed by atoms with van der Waals surface area (Å²) in [7, 11) is 0. The molecule has 0 fully saturated rings. The summed E-state index contributed by atoms with van der Waals surface area (Å²) < 4.78 is 0.482. The van der Waals surface area contributed by atoms with Crippen LogP contribution in [0, 0.1) is 21.4 Å². The van der Waals surface area contributed by atoms with Crippen LogP contribution in [0.5, 0.6) is 0 Å². The van der Waals surface area contributed by atoms with E-state index in [1.807, 2.05) is 0 Å². The Hall–Kier alpha value is -1.61. The molecule has 0 aliphatic rings. The van der Waals surface area contributed by atoms with Gasteiger partial charge in [0.15, 0.2) is 5.56 Å². The molecule has 0 aromatic heterocycles. The number of nitrogen functional groups attached to an aromatic ring is 1. The van der Waals surface area contributed by atoms with Gasteiger partial charge in [0.1, 0.15) is 6.07 Å². The lowest BCUT2D eigenvalue weighted by molar-refractivity contribution is -0.385. The summed E-state index contributed by atoms with van der Waals surface area (Å²) in [4.78, 5) is 9.82. The van der Waals surface area contributed by atoms with Crippen LogP contribution in [0.1, 0.15) is 5.56 Å². The summed E-state index contributed by atoms with van der Waals surface area (Å²) in [6, 6.07) is 4.38. The van der Waals surface area contributed by atoms with E-state index in [0.29, 0.717) is 4.47 Å². The van der Waals surface area contributed by atoms with Gasteiger partial charge in [-0.3, -0.25) is 10.1 Å². The maximum atomic E-state index is 10.5. The number of hydrogen-bond donors (Lipinski definition) is 1. The zero-order chi connectivity index (χ0) is 10.0. The molecule has 0 bridgehead atoms. The monoisotopic (exact) mass is 241 g/mol. The van der Waals surface area contributed by atoms with Crippen LogP contribution < -0.4 is 5.73 Å². The van der Waals surface area contributed by atoms with Crippen LogP contribution >= 0.6 is 15.9 Å². The number of nitriles is 1. The molecule has 0 radical (unpaired) electrons. The molecule has 1 rings (SSSR count). The standard InChI is InChI=1S/C7H4BrN3O2/c8-4-1-6(10)5(3-9)7(2-4)11(12)13/h1-2H,10H2. The molecular weight excluding hydrogens is 238 g/mol. The molecule has 0 saturated carbocycles. The van der Waals surface area contributed by atoms with Crippen molar-refractivity contribution >= 4 is 27.3 Å². The Bertz CT molecular complexity index is 411. The maximum Gasteiger partial charge on any atom is 0.290 e. The Labute approximate surface area is 82.0 Å². The van der Waals surface area contributed by atoms with Crippen molar-refractivity contribution in [1.29, 1.82) is 5.26 Å². The molecule has 0 amide bonds. The first-order valence-electron chi connectivity index (χ1n) is 3.19. The summed E-state index contributed by atoms with van der Waals surface area (Å²) in [6.07, 6.45) is 0. The van der Waals surface area contributed by atoms with Gasteiger partial charge in [-0.2, -0.15) is 5.26 Å². The third-order valence-corrected chi connectivity index (χ3v) is 1.88. The van der Waals surface area contributed by atoms with E-state index in [0.717, 1.165) is 0 Å². The summed E-state index contributed by atoms with van der Waals surface area (Å²) in [5.41, 5.74) is 5.13. The SMILES string of the molecule is N#Cc1c(N)cc(Br)cc1[N+](=O)[O-]. The molecule has 1 aromatic rings. The molecule has 13 heavy (non-hydrogen) atoms. The average molecular weight is 242 g/mol.